The van der Waals surface area contributed by atoms with Crippen molar-refractivity contribution in [3.63, 3.8) is 0 Å². The average Bonchev–Trinajstić information content (AvgIpc) is 3.12. The van der Waals surface area contributed by atoms with Crippen molar-refractivity contribution >= 4 is 39.0 Å². The molecule has 0 saturated carbocycles. The maximum atomic E-state index is 12.3. The van der Waals surface area contributed by atoms with Gasteiger partial charge in [0.1, 0.15) is 0 Å². The average molecular weight is 457 g/mol. The summed E-state index contributed by atoms with van der Waals surface area (Å²) in [6, 6.07) is 24.9. The summed E-state index contributed by atoms with van der Waals surface area (Å²) in [6.07, 6.45) is 3.62. The molecule has 0 atom stereocenters. The van der Waals surface area contributed by atoms with Crippen molar-refractivity contribution in [2.45, 2.75) is 6.54 Å². The topological polar surface area (TPSA) is 70.2 Å². The van der Waals surface area contributed by atoms with Crippen molar-refractivity contribution in [1.29, 1.82) is 5.26 Å². The van der Waals surface area contributed by atoms with Gasteiger partial charge in [-0.3, -0.25) is 4.79 Å². The van der Waals surface area contributed by atoms with Crippen molar-refractivity contribution in [2.75, 3.05) is 0 Å². The monoisotopic (exact) mass is 456 g/mol. The number of amides is 1. The maximum Gasteiger partial charge on any atom is 0.271 e. The highest BCUT2D eigenvalue weighted by molar-refractivity contribution is 9.10. The number of para-hydroxylation sites is 1. The van der Waals surface area contributed by atoms with Crippen molar-refractivity contribution in [3.8, 4) is 6.07 Å². The normalized spacial score (nSPS) is 10.9. The number of nitrogens with one attached hydrogen (secondary N) is 1. The summed E-state index contributed by atoms with van der Waals surface area (Å²) < 4.78 is 3.00. The SMILES string of the molecule is N#Cc1ccccc1Cn1cc(/C=N\NC(=O)c2ccc(Br)cc2)c2ccccc21. The van der Waals surface area contributed by atoms with Gasteiger partial charge in [-0.05, 0) is 42.0 Å². The molecule has 0 fully saturated rings. The Morgan fingerprint density at radius 3 is 2.60 bits per heavy atom. The first-order valence-corrected chi connectivity index (χ1v) is 10.1. The zero-order valence-electron chi connectivity index (χ0n) is 15.9. The highest BCUT2D eigenvalue weighted by Gasteiger charge is 2.09. The van der Waals surface area contributed by atoms with Gasteiger partial charge < -0.3 is 4.57 Å². The summed E-state index contributed by atoms with van der Waals surface area (Å²) in [5, 5.41) is 14.5. The Kier molecular flexibility index (Phi) is 5.73. The molecule has 0 saturated heterocycles. The molecule has 146 valence electrons. The van der Waals surface area contributed by atoms with Gasteiger partial charge in [-0.25, -0.2) is 5.43 Å². The van der Waals surface area contributed by atoms with Crippen LogP contribution in [0.25, 0.3) is 10.9 Å². The Bertz CT molecular complexity index is 1280. The third kappa shape index (κ3) is 4.17. The number of hydrazone groups is 1. The molecule has 1 N–H and O–H groups in total. The van der Waals surface area contributed by atoms with Crippen LogP contribution in [0.3, 0.4) is 0 Å². The predicted molar refractivity (Wildman–Crippen MR) is 121 cm³/mol. The number of aromatic nitrogens is 1. The molecule has 1 amide bonds. The van der Waals surface area contributed by atoms with Gasteiger partial charge in [-0.15, -0.1) is 0 Å². The second kappa shape index (κ2) is 8.76. The van der Waals surface area contributed by atoms with Crippen LogP contribution in [-0.2, 0) is 6.54 Å². The molecule has 1 heterocycles. The van der Waals surface area contributed by atoms with Crippen LogP contribution in [0.5, 0.6) is 0 Å². The lowest BCUT2D eigenvalue weighted by Gasteiger charge is -2.07. The Morgan fingerprint density at radius 2 is 1.80 bits per heavy atom. The molecule has 0 unspecified atom stereocenters. The second-order valence-electron chi connectivity index (χ2n) is 6.70. The number of nitriles is 1. The first kappa shape index (κ1) is 19.6. The molecule has 0 spiro atoms. The number of nitrogens with zero attached hydrogens (tertiary/aromatic N) is 3. The van der Waals surface area contributed by atoms with Crippen LogP contribution in [0.15, 0.2) is 88.6 Å². The van der Waals surface area contributed by atoms with Crippen LogP contribution < -0.4 is 5.43 Å². The van der Waals surface area contributed by atoms with E-state index in [9.17, 15) is 10.1 Å². The number of rotatable bonds is 5. The number of halogens is 1. The number of hydrogen-bond acceptors (Lipinski definition) is 3. The van der Waals surface area contributed by atoms with Gasteiger partial charge in [-0.1, -0.05) is 52.3 Å². The Morgan fingerprint density at radius 1 is 1.07 bits per heavy atom. The number of hydrogen-bond donors (Lipinski definition) is 1. The fourth-order valence-electron chi connectivity index (χ4n) is 3.29. The van der Waals surface area contributed by atoms with E-state index in [0.717, 1.165) is 26.5 Å². The lowest BCUT2D eigenvalue weighted by Crippen LogP contribution is -2.17. The van der Waals surface area contributed by atoms with Crippen LogP contribution in [0.1, 0.15) is 27.0 Å². The summed E-state index contributed by atoms with van der Waals surface area (Å²) >= 11 is 3.35. The molecule has 1 aromatic heterocycles. The lowest BCUT2D eigenvalue weighted by molar-refractivity contribution is 0.0955. The van der Waals surface area contributed by atoms with E-state index >= 15 is 0 Å². The molecule has 0 aliphatic heterocycles. The summed E-state index contributed by atoms with van der Waals surface area (Å²) in [4.78, 5) is 12.3. The molecule has 30 heavy (non-hydrogen) atoms. The molecule has 0 radical (unpaired) electrons. The Balaban J connectivity index is 1.59. The van der Waals surface area contributed by atoms with Crippen molar-refractivity contribution in [1.82, 2.24) is 9.99 Å². The molecular weight excluding hydrogens is 440 g/mol. The molecule has 4 aromatic rings. The highest BCUT2D eigenvalue weighted by atomic mass is 79.9. The fraction of sp³-hybridized carbons (Fsp3) is 0.0417. The lowest BCUT2D eigenvalue weighted by atomic mass is 10.1. The number of carbonyl (C=O) groups is 1. The highest BCUT2D eigenvalue weighted by Crippen LogP contribution is 2.22. The molecule has 0 aliphatic carbocycles. The molecule has 4 rings (SSSR count). The zero-order chi connectivity index (χ0) is 20.9. The molecular formula is C24H17BrN4O. The molecule has 5 nitrogen and oxygen atoms in total. The Labute approximate surface area is 182 Å². The summed E-state index contributed by atoms with van der Waals surface area (Å²) in [5.41, 5.74) is 6.63. The van der Waals surface area contributed by atoms with Crippen molar-refractivity contribution < 1.29 is 4.79 Å². The fourth-order valence-corrected chi connectivity index (χ4v) is 3.55. The maximum absolute atomic E-state index is 12.3. The van der Waals surface area contributed by atoms with E-state index in [1.165, 1.54) is 0 Å². The van der Waals surface area contributed by atoms with Gasteiger partial charge in [0.25, 0.3) is 5.91 Å². The number of benzene rings is 3. The third-order valence-electron chi connectivity index (χ3n) is 4.77. The van der Waals surface area contributed by atoms with Gasteiger partial charge in [0.15, 0.2) is 0 Å². The van der Waals surface area contributed by atoms with Crippen LogP contribution in [0, 0.1) is 11.3 Å². The predicted octanol–water partition coefficient (Wildman–Crippen LogP) is 5.09. The standard InChI is InChI=1S/C24H17BrN4O/c25-21-11-9-17(10-12-21)24(30)28-27-14-20-16-29(23-8-4-3-7-22(20)23)15-19-6-2-1-5-18(19)13-26/h1-12,14,16H,15H2,(H,28,30)/b27-14-. The Hall–Kier alpha value is -3.69. The van der Waals surface area contributed by atoms with E-state index in [-0.39, 0.29) is 5.91 Å². The quantitative estimate of drug-likeness (QED) is 0.335. The number of carbonyl (C=O) groups excluding carboxylic acids is 1. The van der Waals surface area contributed by atoms with Gasteiger partial charge in [-0.2, -0.15) is 10.4 Å². The summed E-state index contributed by atoms with van der Waals surface area (Å²) in [5.74, 6) is -0.273. The summed E-state index contributed by atoms with van der Waals surface area (Å²) in [6.45, 7) is 0.573. The molecule has 6 heteroatoms. The minimum absolute atomic E-state index is 0.273. The first-order chi connectivity index (χ1) is 14.7. The number of fused-ring (bicyclic) bond motifs is 1. The van der Waals surface area contributed by atoms with E-state index < -0.39 is 0 Å². The van der Waals surface area contributed by atoms with Crippen LogP contribution >= 0.6 is 15.9 Å². The van der Waals surface area contributed by atoms with Crippen molar-refractivity contribution in [2.24, 2.45) is 5.10 Å². The zero-order valence-corrected chi connectivity index (χ0v) is 17.5. The molecule has 0 aliphatic rings. The van der Waals surface area contributed by atoms with E-state index in [4.69, 9.17) is 0 Å². The molecule has 0 bridgehead atoms. The second-order valence-corrected chi connectivity index (χ2v) is 7.62. The third-order valence-corrected chi connectivity index (χ3v) is 5.30. The minimum Gasteiger partial charge on any atom is -0.342 e. The van der Waals surface area contributed by atoms with E-state index in [1.54, 1.807) is 18.3 Å². The van der Waals surface area contributed by atoms with Crippen LogP contribution in [-0.4, -0.2) is 16.7 Å². The van der Waals surface area contributed by atoms with Crippen molar-refractivity contribution in [3.05, 3.63) is 106 Å². The largest absolute Gasteiger partial charge is 0.342 e. The van der Waals surface area contributed by atoms with Gasteiger partial charge in [0.2, 0.25) is 0 Å². The van der Waals surface area contributed by atoms with E-state index in [1.807, 2.05) is 66.9 Å². The van der Waals surface area contributed by atoms with E-state index in [0.29, 0.717) is 17.7 Å². The van der Waals surface area contributed by atoms with Gasteiger partial charge in [0, 0.05) is 39.2 Å². The van der Waals surface area contributed by atoms with Gasteiger partial charge in [0.05, 0.1) is 17.8 Å². The molecule has 3 aromatic carbocycles. The smallest absolute Gasteiger partial charge is 0.271 e. The summed E-state index contributed by atoms with van der Waals surface area (Å²) in [7, 11) is 0. The van der Waals surface area contributed by atoms with Crippen LogP contribution in [0.4, 0.5) is 0 Å². The first-order valence-electron chi connectivity index (χ1n) is 9.30. The minimum atomic E-state index is -0.273. The van der Waals surface area contributed by atoms with E-state index in [2.05, 4.69) is 37.1 Å². The van der Waals surface area contributed by atoms with Crippen LogP contribution in [0.2, 0.25) is 0 Å². The van der Waals surface area contributed by atoms with Gasteiger partial charge >= 0.3 is 0 Å².